The van der Waals surface area contributed by atoms with Crippen LogP contribution in [0.1, 0.15) is 21.7 Å². The molecule has 22 heavy (non-hydrogen) atoms. The van der Waals surface area contributed by atoms with E-state index in [0.717, 1.165) is 4.57 Å². The van der Waals surface area contributed by atoms with Crippen molar-refractivity contribution in [3.05, 3.63) is 56.7 Å². The summed E-state index contributed by atoms with van der Waals surface area (Å²) in [6.45, 7) is 1.27. The highest BCUT2D eigenvalue weighted by atomic mass is 35.5. The summed E-state index contributed by atoms with van der Waals surface area (Å²) in [7, 11) is 0. The summed E-state index contributed by atoms with van der Waals surface area (Å²) in [4.78, 5) is 25.9. The normalized spacial score (nSPS) is 11.5. The molecule has 0 unspecified atom stereocenters. The lowest BCUT2D eigenvalue weighted by atomic mass is 10.2. The maximum atomic E-state index is 12.6. The first-order chi connectivity index (χ1) is 10.1. The van der Waals surface area contributed by atoms with Gasteiger partial charge in [0.05, 0.1) is 16.3 Å². The van der Waals surface area contributed by atoms with Gasteiger partial charge in [-0.15, -0.1) is 0 Å². The van der Waals surface area contributed by atoms with E-state index in [9.17, 15) is 22.8 Å². The molecule has 2 rings (SSSR count). The molecule has 9 heteroatoms. The van der Waals surface area contributed by atoms with Crippen molar-refractivity contribution in [1.29, 1.82) is 0 Å². The van der Waals surface area contributed by atoms with Gasteiger partial charge in [-0.3, -0.25) is 4.57 Å². The van der Waals surface area contributed by atoms with Crippen molar-refractivity contribution in [2.45, 2.75) is 13.1 Å². The average molecular weight is 333 g/mol. The van der Waals surface area contributed by atoms with E-state index in [1.165, 1.54) is 25.1 Å². The van der Waals surface area contributed by atoms with E-state index in [4.69, 9.17) is 16.7 Å². The molecular formula is C13H8ClF3N2O3. The Kier molecular flexibility index (Phi) is 3.97. The lowest BCUT2D eigenvalue weighted by Gasteiger charge is -2.14. The first-order valence-corrected chi connectivity index (χ1v) is 6.21. The second-order valence-electron chi connectivity index (χ2n) is 4.34. The molecule has 0 saturated carbocycles. The fourth-order valence-corrected chi connectivity index (χ4v) is 2.19. The fourth-order valence-electron chi connectivity index (χ4n) is 1.89. The van der Waals surface area contributed by atoms with Gasteiger partial charge < -0.3 is 5.11 Å². The van der Waals surface area contributed by atoms with Crippen LogP contribution in [0.5, 0.6) is 0 Å². The molecule has 116 valence electrons. The van der Waals surface area contributed by atoms with Crippen LogP contribution in [-0.4, -0.2) is 20.6 Å². The smallest absolute Gasteiger partial charge is 0.433 e. The van der Waals surface area contributed by atoms with E-state index < -0.39 is 23.5 Å². The number of carboxylic acid groups (broad SMARTS) is 1. The van der Waals surface area contributed by atoms with Crippen molar-refractivity contribution in [2.24, 2.45) is 0 Å². The van der Waals surface area contributed by atoms with Crippen LogP contribution in [0.25, 0.3) is 5.69 Å². The summed E-state index contributed by atoms with van der Waals surface area (Å²) in [5.74, 6) is -1.32. The first kappa shape index (κ1) is 16.0. The summed E-state index contributed by atoms with van der Waals surface area (Å²) in [6, 6.07) is 4.55. The van der Waals surface area contributed by atoms with Crippen LogP contribution < -0.4 is 5.69 Å². The Balaban J connectivity index is 2.73. The largest absolute Gasteiger partial charge is 0.478 e. The number of hydrogen-bond donors (Lipinski definition) is 1. The summed E-state index contributed by atoms with van der Waals surface area (Å²) in [6.07, 6.45) is -4.75. The number of rotatable bonds is 2. The maximum Gasteiger partial charge on any atom is 0.433 e. The van der Waals surface area contributed by atoms with Crippen LogP contribution >= 0.6 is 11.6 Å². The number of aromatic nitrogens is 2. The summed E-state index contributed by atoms with van der Waals surface area (Å²) in [5, 5.41) is 8.73. The number of benzene rings is 1. The summed E-state index contributed by atoms with van der Waals surface area (Å²) >= 11 is 5.92. The fraction of sp³-hybridized carbons (Fsp3) is 0.154. The third-order valence-electron chi connectivity index (χ3n) is 2.85. The van der Waals surface area contributed by atoms with Gasteiger partial charge in [-0.05, 0) is 25.1 Å². The zero-order chi connectivity index (χ0) is 16.7. The van der Waals surface area contributed by atoms with Gasteiger partial charge in [0.2, 0.25) is 0 Å². The number of halogens is 4. The minimum Gasteiger partial charge on any atom is -0.478 e. The highest BCUT2D eigenvalue weighted by Crippen LogP contribution is 2.29. The standard InChI is InChI=1S/C13H8ClF3N2O3/c1-6-5-9(13(15,16)17)18-12(22)19(6)8-4-2-3-7(10(8)14)11(20)21/h2-5H,1H3,(H,20,21). The van der Waals surface area contributed by atoms with E-state index >= 15 is 0 Å². The number of alkyl halides is 3. The van der Waals surface area contributed by atoms with Crippen LogP contribution in [0.15, 0.2) is 29.1 Å². The molecule has 1 heterocycles. The zero-order valence-electron chi connectivity index (χ0n) is 11.0. The number of aryl methyl sites for hydroxylation is 1. The van der Waals surface area contributed by atoms with Crippen molar-refractivity contribution < 1.29 is 23.1 Å². The van der Waals surface area contributed by atoms with Crippen molar-refractivity contribution >= 4 is 17.6 Å². The van der Waals surface area contributed by atoms with E-state index in [0.29, 0.717) is 6.07 Å². The third-order valence-corrected chi connectivity index (χ3v) is 3.24. The van der Waals surface area contributed by atoms with Gasteiger partial charge in [-0.1, -0.05) is 17.7 Å². The molecule has 0 aliphatic rings. The van der Waals surface area contributed by atoms with Crippen LogP contribution in [0.2, 0.25) is 5.02 Å². The highest BCUT2D eigenvalue weighted by Gasteiger charge is 2.34. The van der Waals surface area contributed by atoms with Gasteiger partial charge in [0.15, 0.2) is 5.69 Å². The topological polar surface area (TPSA) is 72.2 Å². The minimum atomic E-state index is -4.75. The predicted octanol–water partition coefficient (Wildman–Crippen LogP) is 2.91. The Labute approximate surface area is 126 Å². The van der Waals surface area contributed by atoms with E-state index in [1.807, 2.05) is 0 Å². The Morgan fingerprint density at radius 2 is 2.00 bits per heavy atom. The summed E-state index contributed by atoms with van der Waals surface area (Å²) < 4.78 is 38.7. The van der Waals surface area contributed by atoms with E-state index in [-0.39, 0.29) is 22.0 Å². The Morgan fingerprint density at radius 3 is 2.50 bits per heavy atom. The Morgan fingerprint density at radius 1 is 1.36 bits per heavy atom. The third kappa shape index (κ3) is 2.82. The highest BCUT2D eigenvalue weighted by molar-refractivity contribution is 6.35. The lowest BCUT2D eigenvalue weighted by Crippen LogP contribution is -2.27. The zero-order valence-corrected chi connectivity index (χ0v) is 11.7. The van der Waals surface area contributed by atoms with Gasteiger partial charge in [0.25, 0.3) is 0 Å². The van der Waals surface area contributed by atoms with Gasteiger partial charge >= 0.3 is 17.8 Å². The average Bonchev–Trinajstić information content (AvgIpc) is 2.38. The van der Waals surface area contributed by atoms with Gasteiger partial charge in [-0.2, -0.15) is 18.2 Å². The second-order valence-corrected chi connectivity index (χ2v) is 4.72. The molecule has 0 atom stereocenters. The molecule has 0 aliphatic carbocycles. The van der Waals surface area contributed by atoms with Crippen molar-refractivity contribution in [1.82, 2.24) is 9.55 Å². The summed E-state index contributed by atoms with van der Waals surface area (Å²) in [5.41, 5.74) is -2.92. The van der Waals surface area contributed by atoms with E-state index in [1.54, 1.807) is 0 Å². The quantitative estimate of drug-likeness (QED) is 0.917. The van der Waals surface area contributed by atoms with Crippen LogP contribution in [0.3, 0.4) is 0 Å². The molecule has 2 aromatic rings. The molecule has 5 nitrogen and oxygen atoms in total. The number of hydrogen-bond acceptors (Lipinski definition) is 3. The van der Waals surface area contributed by atoms with Crippen LogP contribution in [0.4, 0.5) is 13.2 Å². The molecule has 1 aromatic heterocycles. The number of nitrogens with zero attached hydrogens (tertiary/aromatic N) is 2. The molecule has 0 radical (unpaired) electrons. The first-order valence-electron chi connectivity index (χ1n) is 5.83. The van der Waals surface area contributed by atoms with E-state index in [2.05, 4.69) is 4.98 Å². The molecule has 0 fully saturated rings. The molecule has 1 aromatic carbocycles. The monoisotopic (exact) mass is 332 g/mol. The van der Waals surface area contributed by atoms with Gasteiger partial charge in [0.1, 0.15) is 0 Å². The second kappa shape index (κ2) is 5.45. The molecule has 0 saturated heterocycles. The Bertz CT molecular complexity index is 815. The number of carboxylic acids is 1. The molecular weight excluding hydrogens is 325 g/mol. The van der Waals surface area contributed by atoms with Crippen molar-refractivity contribution in [2.75, 3.05) is 0 Å². The molecule has 0 bridgehead atoms. The van der Waals surface area contributed by atoms with Crippen molar-refractivity contribution in [3.63, 3.8) is 0 Å². The number of aromatic carboxylic acids is 1. The molecule has 1 N–H and O–H groups in total. The molecule has 0 spiro atoms. The van der Waals surface area contributed by atoms with Gasteiger partial charge in [0, 0.05) is 5.69 Å². The number of carbonyl (C=O) groups is 1. The minimum absolute atomic E-state index is 0.0507. The van der Waals surface area contributed by atoms with Gasteiger partial charge in [-0.25, -0.2) is 9.59 Å². The van der Waals surface area contributed by atoms with Crippen LogP contribution in [-0.2, 0) is 6.18 Å². The Hall–Kier alpha value is -2.35. The van der Waals surface area contributed by atoms with Crippen molar-refractivity contribution in [3.8, 4) is 5.69 Å². The van der Waals surface area contributed by atoms with Crippen LogP contribution in [0, 0.1) is 6.92 Å². The predicted molar refractivity (Wildman–Crippen MR) is 71.5 cm³/mol. The molecule has 0 aliphatic heterocycles. The lowest BCUT2D eigenvalue weighted by molar-refractivity contribution is -0.141. The maximum absolute atomic E-state index is 12.6. The SMILES string of the molecule is Cc1cc(C(F)(F)F)nc(=O)n1-c1cccc(C(=O)O)c1Cl. The molecule has 0 amide bonds.